The number of nitrogens with one attached hydrogen (secondary N) is 2. The van der Waals surface area contributed by atoms with Crippen molar-refractivity contribution in [2.45, 2.75) is 6.42 Å². The Morgan fingerprint density at radius 2 is 2.04 bits per heavy atom. The van der Waals surface area contributed by atoms with E-state index in [9.17, 15) is 9.18 Å². The molecular formula is C20H17ClFN3O. The number of halogens is 2. The highest BCUT2D eigenvalue weighted by atomic mass is 35.5. The predicted molar refractivity (Wildman–Crippen MR) is 102 cm³/mol. The second-order valence-electron chi connectivity index (χ2n) is 6.25. The van der Waals surface area contributed by atoms with Crippen LogP contribution in [0.4, 0.5) is 4.39 Å². The number of nitrogens with zero attached hydrogens (tertiary/aromatic N) is 1. The molecule has 0 saturated carbocycles. The number of benzene rings is 2. The van der Waals surface area contributed by atoms with Crippen LogP contribution in [0.15, 0.2) is 48.7 Å². The first-order valence-corrected chi connectivity index (χ1v) is 8.70. The lowest BCUT2D eigenvalue weighted by Gasteiger charge is -2.07. The fraction of sp³-hybridized carbons (Fsp3) is 0.150. The van der Waals surface area contributed by atoms with E-state index < -0.39 is 0 Å². The van der Waals surface area contributed by atoms with Gasteiger partial charge in [0.1, 0.15) is 11.5 Å². The van der Waals surface area contributed by atoms with Crippen LogP contribution in [0.5, 0.6) is 0 Å². The summed E-state index contributed by atoms with van der Waals surface area (Å²) in [6.45, 7) is 0.431. The molecule has 132 valence electrons. The number of hydrogen-bond donors (Lipinski definition) is 2. The molecule has 0 unspecified atom stereocenters. The molecule has 0 radical (unpaired) electrons. The number of aryl methyl sites for hydroxylation is 1. The van der Waals surface area contributed by atoms with Crippen LogP contribution in [0.1, 0.15) is 16.1 Å². The Kier molecular flexibility index (Phi) is 4.17. The zero-order valence-corrected chi connectivity index (χ0v) is 14.9. The van der Waals surface area contributed by atoms with E-state index in [0.717, 1.165) is 27.4 Å². The molecule has 0 aliphatic heterocycles. The molecule has 0 aliphatic carbocycles. The lowest BCUT2D eigenvalue weighted by atomic mass is 10.1. The van der Waals surface area contributed by atoms with E-state index in [1.165, 1.54) is 12.1 Å². The summed E-state index contributed by atoms with van der Waals surface area (Å²) in [4.78, 5) is 15.7. The van der Waals surface area contributed by atoms with Gasteiger partial charge in [-0.15, -0.1) is 0 Å². The van der Waals surface area contributed by atoms with Crippen molar-refractivity contribution in [3.8, 4) is 0 Å². The molecule has 0 atom stereocenters. The summed E-state index contributed by atoms with van der Waals surface area (Å²) in [5.74, 6) is -0.496. The highest BCUT2D eigenvalue weighted by Gasteiger charge is 2.19. The van der Waals surface area contributed by atoms with Gasteiger partial charge in [0.25, 0.3) is 5.91 Å². The lowest BCUT2D eigenvalue weighted by molar-refractivity contribution is 0.0946. The highest BCUT2D eigenvalue weighted by Crippen LogP contribution is 2.29. The lowest BCUT2D eigenvalue weighted by Crippen LogP contribution is -2.27. The van der Waals surface area contributed by atoms with E-state index >= 15 is 0 Å². The molecule has 0 saturated heterocycles. The van der Waals surface area contributed by atoms with Gasteiger partial charge >= 0.3 is 0 Å². The highest BCUT2D eigenvalue weighted by molar-refractivity contribution is 6.38. The monoisotopic (exact) mass is 369 g/mol. The van der Waals surface area contributed by atoms with Crippen LogP contribution in [0.25, 0.3) is 21.8 Å². The Morgan fingerprint density at radius 3 is 2.85 bits per heavy atom. The quantitative estimate of drug-likeness (QED) is 0.549. The Hall–Kier alpha value is -2.79. The number of H-pyrrole nitrogens is 1. The molecule has 4 rings (SSSR count). The number of aromatic amines is 1. The van der Waals surface area contributed by atoms with Crippen LogP contribution in [0.2, 0.25) is 5.02 Å². The van der Waals surface area contributed by atoms with Crippen LogP contribution in [-0.2, 0) is 13.5 Å². The summed E-state index contributed by atoms with van der Waals surface area (Å²) in [5, 5.41) is 5.05. The van der Waals surface area contributed by atoms with E-state index in [2.05, 4.69) is 10.3 Å². The average molecular weight is 370 g/mol. The number of carbonyl (C=O) groups excluding carboxylic acids is 1. The maximum absolute atomic E-state index is 13.5. The smallest absolute Gasteiger partial charge is 0.269 e. The fourth-order valence-corrected chi connectivity index (χ4v) is 3.72. The third-order valence-electron chi connectivity index (χ3n) is 4.67. The topological polar surface area (TPSA) is 49.8 Å². The molecule has 2 aromatic heterocycles. The van der Waals surface area contributed by atoms with Crippen LogP contribution in [-0.4, -0.2) is 22.0 Å². The third kappa shape index (κ3) is 2.74. The molecule has 4 nitrogen and oxygen atoms in total. The summed E-state index contributed by atoms with van der Waals surface area (Å²) < 4.78 is 15.3. The number of carbonyl (C=O) groups is 1. The number of aromatic nitrogens is 2. The van der Waals surface area contributed by atoms with E-state index in [1.54, 1.807) is 10.6 Å². The summed E-state index contributed by atoms with van der Waals surface area (Å²) in [7, 11) is 1.82. The van der Waals surface area contributed by atoms with Crippen molar-refractivity contribution in [3.05, 3.63) is 70.8 Å². The van der Waals surface area contributed by atoms with E-state index in [0.29, 0.717) is 23.7 Å². The van der Waals surface area contributed by atoms with Gasteiger partial charge in [-0.3, -0.25) is 4.79 Å². The molecule has 0 fully saturated rings. The normalized spacial score (nSPS) is 11.3. The molecule has 0 spiro atoms. The number of fused-ring (bicyclic) bond motifs is 2. The minimum Gasteiger partial charge on any atom is -0.361 e. The first kappa shape index (κ1) is 16.7. The molecule has 1 amide bonds. The van der Waals surface area contributed by atoms with Gasteiger partial charge in [-0.1, -0.05) is 29.8 Å². The number of amides is 1. The summed E-state index contributed by atoms with van der Waals surface area (Å²) in [6.07, 6.45) is 2.44. The molecule has 2 aromatic carbocycles. The van der Waals surface area contributed by atoms with Gasteiger partial charge < -0.3 is 14.9 Å². The number of hydrogen-bond acceptors (Lipinski definition) is 1. The minimum absolute atomic E-state index is 0.222. The summed E-state index contributed by atoms with van der Waals surface area (Å²) >= 11 is 6.40. The van der Waals surface area contributed by atoms with Gasteiger partial charge in [0.15, 0.2) is 0 Å². The SMILES string of the molecule is Cn1c(C(=O)NCCc2c[nH]c3ccc(F)cc23)c(Cl)c2ccccc21. The van der Waals surface area contributed by atoms with Gasteiger partial charge in [0.2, 0.25) is 0 Å². The average Bonchev–Trinajstić information content (AvgIpc) is 3.14. The molecule has 4 aromatic rings. The van der Waals surface area contributed by atoms with Crippen molar-refractivity contribution in [1.82, 2.24) is 14.9 Å². The van der Waals surface area contributed by atoms with Crippen molar-refractivity contribution in [2.24, 2.45) is 7.05 Å². The van der Waals surface area contributed by atoms with Gasteiger partial charge in [-0.05, 0) is 36.2 Å². The van der Waals surface area contributed by atoms with Crippen molar-refractivity contribution in [2.75, 3.05) is 6.54 Å². The molecule has 6 heteroatoms. The number of rotatable bonds is 4. The van der Waals surface area contributed by atoms with Gasteiger partial charge in [-0.25, -0.2) is 4.39 Å². The zero-order chi connectivity index (χ0) is 18.3. The zero-order valence-electron chi connectivity index (χ0n) is 14.1. The Bertz CT molecular complexity index is 1090. The predicted octanol–water partition coefficient (Wildman–Crippen LogP) is 4.42. The molecular weight excluding hydrogens is 353 g/mol. The van der Waals surface area contributed by atoms with E-state index in [-0.39, 0.29) is 11.7 Å². The van der Waals surface area contributed by atoms with Gasteiger partial charge in [0.05, 0.1) is 5.02 Å². The molecule has 0 aliphatic rings. The molecule has 2 heterocycles. The largest absolute Gasteiger partial charge is 0.361 e. The van der Waals surface area contributed by atoms with Crippen LogP contribution in [0.3, 0.4) is 0 Å². The van der Waals surface area contributed by atoms with E-state index in [1.807, 2.05) is 37.5 Å². The van der Waals surface area contributed by atoms with Crippen LogP contribution >= 0.6 is 11.6 Å². The Labute approximate surface area is 154 Å². The van der Waals surface area contributed by atoms with Crippen molar-refractivity contribution < 1.29 is 9.18 Å². The Balaban J connectivity index is 1.52. The summed E-state index contributed by atoms with van der Waals surface area (Å²) in [6, 6.07) is 12.3. The van der Waals surface area contributed by atoms with Gasteiger partial charge in [-0.2, -0.15) is 0 Å². The van der Waals surface area contributed by atoms with E-state index in [4.69, 9.17) is 11.6 Å². The first-order chi connectivity index (χ1) is 12.6. The van der Waals surface area contributed by atoms with Crippen molar-refractivity contribution in [1.29, 1.82) is 0 Å². The maximum atomic E-state index is 13.5. The summed E-state index contributed by atoms with van der Waals surface area (Å²) in [5.41, 5.74) is 3.19. The van der Waals surface area contributed by atoms with Gasteiger partial charge in [0, 0.05) is 41.6 Å². The van der Waals surface area contributed by atoms with Crippen molar-refractivity contribution >= 4 is 39.3 Å². The number of para-hydroxylation sites is 1. The standard InChI is InChI=1S/C20H17ClFN3O/c1-25-17-5-3-2-4-14(17)18(21)19(25)20(26)23-9-8-12-11-24-16-7-6-13(22)10-15(12)16/h2-7,10-11,24H,8-9H2,1H3,(H,23,26). The third-order valence-corrected chi connectivity index (χ3v) is 5.05. The second-order valence-corrected chi connectivity index (χ2v) is 6.63. The van der Waals surface area contributed by atoms with Crippen molar-refractivity contribution in [3.63, 3.8) is 0 Å². The molecule has 2 N–H and O–H groups in total. The molecule has 0 bridgehead atoms. The first-order valence-electron chi connectivity index (χ1n) is 8.33. The molecule has 26 heavy (non-hydrogen) atoms. The Morgan fingerprint density at radius 1 is 1.23 bits per heavy atom. The van der Waals surface area contributed by atoms with Crippen LogP contribution < -0.4 is 5.32 Å². The second kappa shape index (κ2) is 6.50. The maximum Gasteiger partial charge on any atom is 0.269 e. The fourth-order valence-electron chi connectivity index (χ4n) is 3.35. The minimum atomic E-state index is -0.273. The van der Waals surface area contributed by atoms with Crippen LogP contribution in [0, 0.1) is 5.82 Å².